The Morgan fingerprint density at radius 2 is 1.89 bits per heavy atom. The van der Waals surface area contributed by atoms with Crippen molar-refractivity contribution in [2.45, 2.75) is 34.1 Å². The van der Waals surface area contributed by atoms with Crippen LogP contribution in [0.15, 0.2) is 54.0 Å². The molecule has 1 heterocycles. The summed E-state index contributed by atoms with van der Waals surface area (Å²) in [6.07, 6.45) is 2.81. The number of benzene rings is 2. The molecule has 142 valence electrons. The molecule has 0 bridgehead atoms. The van der Waals surface area contributed by atoms with Crippen LogP contribution in [0.3, 0.4) is 0 Å². The van der Waals surface area contributed by atoms with E-state index in [1.54, 1.807) is 6.20 Å². The minimum atomic E-state index is 0.533. The maximum Gasteiger partial charge on any atom is 0.136 e. The summed E-state index contributed by atoms with van der Waals surface area (Å²) in [7, 11) is 0. The summed E-state index contributed by atoms with van der Waals surface area (Å²) in [5.74, 6) is 0.643. The molecule has 0 unspecified atom stereocenters. The second-order valence-electron chi connectivity index (χ2n) is 7.45. The summed E-state index contributed by atoms with van der Waals surface area (Å²) in [5.41, 5.74) is 7.29. The van der Waals surface area contributed by atoms with Gasteiger partial charge < -0.3 is 5.32 Å². The van der Waals surface area contributed by atoms with Crippen LogP contribution in [0.1, 0.15) is 35.5 Å². The van der Waals surface area contributed by atoms with Crippen molar-refractivity contribution < 1.29 is 0 Å². The molecule has 28 heavy (non-hydrogen) atoms. The number of nitrogens with zero attached hydrogens (tertiary/aromatic N) is 2. The fourth-order valence-electron chi connectivity index (χ4n) is 2.94. The van der Waals surface area contributed by atoms with Crippen molar-refractivity contribution in [3.8, 4) is 17.3 Å². The van der Waals surface area contributed by atoms with Crippen LogP contribution in [-0.4, -0.2) is 4.98 Å². The summed E-state index contributed by atoms with van der Waals surface area (Å²) in [4.78, 5) is 4.67. The fraction of sp³-hybridized carbons (Fsp3) is 0.250. The average Bonchev–Trinajstić information content (AvgIpc) is 3.15. The van der Waals surface area contributed by atoms with Crippen molar-refractivity contribution in [3.05, 3.63) is 75.7 Å². The minimum Gasteiger partial charge on any atom is -0.360 e. The van der Waals surface area contributed by atoms with E-state index in [1.165, 1.54) is 28.0 Å². The predicted molar refractivity (Wildman–Crippen MR) is 119 cm³/mol. The lowest BCUT2D eigenvalue weighted by molar-refractivity contribution is 0.647. The number of allylic oxidation sites excluding steroid dienone is 1. The Kier molecular flexibility index (Phi) is 6.28. The van der Waals surface area contributed by atoms with E-state index in [0.717, 1.165) is 28.4 Å². The van der Waals surface area contributed by atoms with Crippen LogP contribution in [-0.2, 0) is 6.42 Å². The Labute approximate surface area is 171 Å². The van der Waals surface area contributed by atoms with Crippen molar-refractivity contribution in [2.75, 3.05) is 5.32 Å². The van der Waals surface area contributed by atoms with Gasteiger partial charge in [0.25, 0.3) is 0 Å². The number of thiazole rings is 1. The third-order valence-corrected chi connectivity index (χ3v) is 5.51. The fourth-order valence-corrected chi connectivity index (χ4v) is 3.74. The molecule has 4 heteroatoms. The number of nitrogens with one attached hydrogen (secondary N) is 1. The summed E-state index contributed by atoms with van der Waals surface area (Å²) >= 11 is 1.49. The Bertz CT molecular complexity index is 1020. The van der Waals surface area contributed by atoms with E-state index in [-0.39, 0.29) is 0 Å². The molecule has 0 aliphatic heterocycles. The Balaban J connectivity index is 1.77. The quantitative estimate of drug-likeness (QED) is 0.485. The molecule has 0 aliphatic rings. The Hall–Kier alpha value is -2.90. The van der Waals surface area contributed by atoms with Gasteiger partial charge in [-0.3, -0.25) is 0 Å². The third-order valence-electron chi connectivity index (χ3n) is 4.64. The molecule has 0 amide bonds. The molecule has 3 aromatic rings. The highest BCUT2D eigenvalue weighted by molar-refractivity contribution is 7.11. The Morgan fingerprint density at radius 1 is 1.14 bits per heavy atom. The Morgan fingerprint density at radius 3 is 2.54 bits per heavy atom. The van der Waals surface area contributed by atoms with Crippen molar-refractivity contribution in [3.63, 3.8) is 0 Å². The summed E-state index contributed by atoms with van der Waals surface area (Å²) in [6.45, 7) is 8.61. The van der Waals surface area contributed by atoms with E-state index < -0.39 is 0 Å². The maximum atomic E-state index is 9.56. The van der Waals surface area contributed by atoms with Gasteiger partial charge in [-0.1, -0.05) is 44.2 Å². The standard InChI is InChI=1S/C24H25N3S/c1-16(2)11-19-6-8-20(9-7-19)23-15-28-24(27-23)21(13-25)14-26-22-10-5-17(3)18(4)12-22/h5-10,12,14-16,26H,11H2,1-4H3/b21-14+. The number of anilines is 1. The summed E-state index contributed by atoms with van der Waals surface area (Å²) in [6, 6.07) is 17.0. The molecule has 0 spiro atoms. The smallest absolute Gasteiger partial charge is 0.136 e. The molecule has 2 aromatic carbocycles. The number of nitriles is 1. The summed E-state index contributed by atoms with van der Waals surface area (Å²) < 4.78 is 0. The number of hydrogen-bond donors (Lipinski definition) is 1. The SMILES string of the molecule is Cc1ccc(N/C=C(\C#N)c2nc(-c3ccc(CC(C)C)cc3)cs2)cc1C. The highest BCUT2D eigenvalue weighted by atomic mass is 32.1. The van der Waals surface area contributed by atoms with Gasteiger partial charge in [0.15, 0.2) is 0 Å². The first-order valence-corrected chi connectivity index (χ1v) is 10.3. The summed E-state index contributed by atoms with van der Waals surface area (Å²) in [5, 5.41) is 15.5. The minimum absolute atomic E-state index is 0.533. The molecule has 0 saturated carbocycles. The lowest BCUT2D eigenvalue weighted by Gasteiger charge is -2.05. The zero-order chi connectivity index (χ0) is 20.1. The van der Waals surface area contributed by atoms with E-state index >= 15 is 0 Å². The number of rotatable bonds is 6. The van der Waals surface area contributed by atoms with Crippen LogP contribution in [0.25, 0.3) is 16.8 Å². The van der Waals surface area contributed by atoms with Gasteiger partial charge >= 0.3 is 0 Å². The van der Waals surface area contributed by atoms with Gasteiger partial charge in [-0.05, 0) is 55.0 Å². The van der Waals surface area contributed by atoms with Crippen molar-refractivity contribution in [2.24, 2.45) is 5.92 Å². The lowest BCUT2D eigenvalue weighted by Crippen LogP contribution is -1.93. The molecule has 3 nitrogen and oxygen atoms in total. The van der Waals surface area contributed by atoms with Gasteiger partial charge in [0, 0.05) is 22.8 Å². The molecule has 0 saturated heterocycles. The molecule has 0 radical (unpaired) electrons. The van der Waals surface area contributed by atoms with Crippen LogP contribution < -0.4 is 5.32 Å². The maximum absolute atomic E-state index is 9.56. The zero-order valence-corrected chi connectivity index (χ0v) is 17.6. The average molecular weight is 388 g/mol. The highest BCUT2D eigenvalue weighted by Crippen LogP contribution is 2.27. The lowest BCUT2D eigenvalue weighted by atomic mass is 10.0. The van der Waals surface area contributed by atoms with Crippen LogP contribution in [0, 0.1) is 31.1 Å². The van der Waals surface area contributed by atoms with Gasteiger partial charge in [-0.2, -0.15) is 5.26 Å². The van der Waals surface area contributed by atoms with Crippen molar-refractivity contribution in [1.29, 1.82) is 5.26 Å². The molecule has 0 aliphatic carbocycles. The van der Waals surface area contributed by atoms with Gasteiger partial charge in [-0.25, -0.2) is 4.98 Å². The molecule has 3 rings (SSSR count). The van der Waals surface area contributed by atoms with Gasteiger partial charge in [-0.15, -0.1) is 11.3 Å². The number of aryl methyl sites for hydroxylation is 2. The van der Waals surface area contributed by atoms with Crippen LogP contribution in [0.2, 0.25) is 0 Å². The van der Waals surface area contributed by atoms with E-state index in [2.05, 4.69) is 80.5 Å². The van der Waals surface area contributed by atoms with Gasteiger partial charge in [0.1, 0.15) is 16.6 Å². The normalized spacial score (nSPS) is 11.5. The largest absolute Gasteiger partial charge is 0.360 e. The predicted octanol–water partition coefficient (Wildman–Crippen LogP) is 6.60. The van der Waals surface area contributed by atoms with E-state index in [9.17, 15) is 5.26 Å². The molecule has 1 N–H and O–H groups in total. The van der Waals surface area contributed by atoms with E-state index in [0.29, 0.717) is 11.5 Å². The van der Waals surface area contributed by atoms with Crippen LogP contribution in [0.5, 0.6) is 0 Å². The van der Waals surface area contributed by atoms with E-state index in [4.69, 9.17) is 0 Å². The molecular formula is C24H25N3S. The first-order valence-electron chi connectivity index (χ1n) is 9.45. The van der Waals surface area contributed by atoms with E-state index in [1.807, 2.05) is 11.4 Å². The molecule has 0 atom stereocenters. The second-order valence-corrected chi connectivity index (χ2v) is 8.30. The van der Waals surface area contributed by atoms with Gasteiger partial charge in [0.2, 0.25) is 0 Å². The van der Waals surface area contributed by atoms with Crippen molar-refractivity contribution in [1.82, 2.24) is 4.98 Å². The first-order chi connectivity index (χ1) is 13.5. The zero-order valence-electron chi connectivity index (χ0n) is 16.8. The first kappa shape index (κ1) is 19.9. The van der Waals surface area contributed by atoms with Crippen LogP contribution in [0.4, 0.5) is 5.69 Å². The molecular weight excluding hydrogens is 362 g/mol. The van der Waals surface area contributed by atoms with Crippen molar-refractivity contribution >= 4 is 22.6 Å². The highest BCUT2D eigenvalue weighted by Gasteiger charge is 2.09. The number of aromatic nitrogens is 1. The number of hydrogen-bond acceptors (Lipinski definition) is 4. The van der Waals surface area contributed by atoms with Gasteiger partial charge in [0.05, 0.1) is 5.69 Å². The molecule has 1 aromatic heterocycles. The topological polar surface area (TPSA) is 48.7 Å². The second kappa shape index (κ2) is 8.86. The molecule has 0 fully saturated rings. The van der Waals surface area contributed by atoms with Crippen LogP contribution >= 0.6 is 11.3 Å². The monoisotopic (exact) mass is 387 g/mol. The third kappa shape index (κ3) is 4.88.